The second-order valence-electron chi connectivity index (χ2n) is 13.0. The van der Waals surface area contributed by atoms with Crippen LogP contribution in [0.15, 0.2) is 29.8 Å². The third kappa shape index (κ3) is 5.29. The molecular formula is C33H49FO2. The highest BCUT2D eigenvalue weighted by Gasteiger charge is 2.56. The number of fused-ring (bicyclic) bond motifs is 5. The number of aromatic hydroxyl groups is 1. The van der Waals surface area contributed by atoms with Crippen LogP contribution in [0.25, 0.3) is 0 Å². The Labute approximate surface area is 218 Å². The van der Waals surface area contributed by atoms with E-state index >= 15 is 0 Å². The van der Waals surface area contributed by atoms with E-state index in [-0.39, 0.29) is 24.1 Å². The summed E-state index contributed by atoms with van der Waals surface area (Å²) in [5.41, 5.74) is 4.37. The maximum Gasteiger partial charge on any atom is 0.115 e. The van der Waals surface area contributed by atoms with Crippen LogP contribution in [0, 0.1) is 29.1 Å². The van der Waals surface area contributed by atoms with Crippen LogP contribution in [0.3, 0.4) is 0 Å². The van der Waals surface area contributed by atoms with Crippen LogP contribution in [0.2, 0.25) is 0 Å². The summed E-state index contributed by atoms with van der Waals surface area (Å²) in [5.74, 6) is 3.30. The molecule has 0 radical (unpaired) electrons. The molecule has 0 bridgehead atoms. The normalized spacial score (nSPS) is 36.2. The predicted molar refractivity (Wildman–Crippen MR) is 146 cm³/mol. The Kier molecular flexibility index (Phi) is 8.45. The average Bonchev–Trinajstić information content (AvgIpc) is 3.15. The Morgan fingerprint density at radius 1 is 1.00 bits per heavy atom. The molecule has 1 aromatic rings. The predicted octanol–water partition coefficient (Wildman–Crippen LogP) is 8.65. The van der Waals surface area contributed by atoms with Gasteiger partial charge in [-0.05, 0) is 117 Å². The van der Waals surface area contributed by atoms with E-state index in [1.165, 1.54) is 80.9 Å². The van der Waals surface area contributed by atoms with Gasteiger partial charge < -0.3 is 10.2 Å². The Bertz CT molecular complexity index is 907. The number of aliphatic hydroxyl groups is 1. The number of allylic oxidation sites excluding steroid dienone is 2. The minimum Gasteiger partial charge on any atom is -0.508 e. The summed E-state index contributed by atoms with van der Waals surface area (Å²) in [6, 6.07) is 6.13. The van der Waals surface area contributed by atoms with Gasteiger partial charge in [-0.25, -0.2) is 0 Å². The number of unbranched alkanes of at least 4 members (excludes halogenated alkanes) is 7. The zero-order valence-corrected chi connectivity index (χ0v) is 22.6. The third-order valence-corrected chi connectivity index (χ3v) is 11.0. The van der Waals surface area contributed by atoms with E-state index in [0.717, 1.165) is 38.5 Å². The fourth-order valence-electron chi connectivity index (χ4n) is 8.71. The summed E-state index contributed by atoms with van der Waals surface area (Å²) < 4.78 is 12.8. The molecule has 0 saturated heterocycles. The van der Waals surface area contributed by atoms with Crippen molar-refractivity contribution in [2.75, 3.05) is 6.67 Å². The van der Waals surface area contributed by atoms with Gasteiger partial charge >= 0.3 is 0 Å². The van der Waals surface area contributed by atoms with Gasteiger partial charge in [0, 0.05) is 5.92 Å². The Balaban J connectivity index is 1.09. The van der Waals surface area contributed by atoms with Crippen molar-refractivity contribution < 1.29 is 14.6 Å². The SMILES string of the molecule is C[C@]12CC[C@@H]3c4ccc(O)cc4CC(CCCCCCCCC/C=C4\CCC4CF)[C@H]3[C@@H]1CC[C@@H]2O. The van der Waals surface area contributed by atoms with Crippen LogP contribution in [0.5, 0.6) is 5.75 Å². The summed E-state index contributed by atoms with van der Waals surface area (Å²) in [6.07, 6.45) is 21.6. The summed E-state index contributed by atoms with van der Waals surface area (Å²) in [7, 11) is 0. The van der Waals surface area contributed by atoms with Crippen molar-refractivity contribution in [2.24, 2.45) is 29.1 Å². The molecule has 0 aliphatic heterocycles. The van der Waals surface area contributed by atoms with Gasteiger partial charge in [0.1, 0.15) is 5.75 Å². The fourth-order valence-corrected chi connectivity index (χ4v) is 8.71. The molecule has 2 N–H and O–H groups in total. The number of hydrogen-bond donors (Lipinski definition) is 2. The first-order valence-electron chi connectivity index (χ1n) is 15.3. The Morgan fingerprint density at radius 2 is 1.78 bits per heavy atom. The number of phenols is 1. The van der Waals surface area contributed by atoms with Crippen LogP contribution >= 0.6 is 0 Å². The molecule has 5 rings (SSSR count). The number of aliphatic hydroxyl groups excluding tert-OH is 1. The Morgan fingerprint density at radius 3 is 2.53 bits per heavy atom. The van der Waals surface area contributed by atoms with E-state index in [2.05, 4.69) is 19.1 Å². The third-order valence-electron chi connectivity index (χ3n) is 11.0. The topological polar surface area (TPSA) is 40.5 Å². The zero-order valence-electron chi connectivity index (χ0n) is 22.6. The summed E-state index contributed by atoms with van der Waals surface area (Å²) in [6.45, 7) is 2.21. The van der Waals surface area contributed by atoms with Gasteiger partial charge in [0.25, 0.3) is 0 Å². The molecule has 200 valence electrons. The van der Waals surface area contributed by atoms with E-state index < -0.39 is 0 Å². The van der Waals surface area contributed by atoms with Gasteiger partial charge in [-0.2, -0.15) is 0 Å². The number of benzene rings is 1. The molecule has 1 aromatic carbocycles. The van der Waals surface area contributed by atoms with Crippen LogP contribution < -0.4 is 0 Å². The van der Waals surface area contributed by atoms with Gasteiger partial charge in [-0.1, -0.05) is 63.2 Å². The van der Waals surface area contributed by atoms with Crippen LogP contribution in [-0.2, 0) is 6.42 Å². The number of halogens is 1. The van der Waals surface area contributed by atoms with Gasteiger partial charge in [0.2, 0.25) is 0 Å². The fraction of sp³-hybridized carbons (Fsp3) is 0.758. The summed E-state index contributed by atoms with van der Waals surface area (Å²) in [4.78, 5) is 0. The van der Waals surface area contributed by atoms with Crippen molar-refractivity contribution in [1.82, 2.24) is 0 Å². The van der Waals surface area contributed by atoms with Crippen molar-refractivity contribution in [3.05, 3.63) is 41.0 Å². The molecule has 0 aromatic heterocycles. The molecule has 0 amide bonds. The molecular weight excluding hydrogens is 447 g/mol. The lowest BCUT2D eigenvalue weighted by molar-refractivity contribution is -0.0396. The van der Waals surface area contributed by atoms with Crippen molar-refractivity contribution >= 4 is 0 Å². The molecule has 2 unspecified atom stereocenters. The quantitative estimate of drug-likeness (QED) is 0.238. The molecule has 7 atom stereocenters. The van der Waals surface area contributed by atoms with Crippen molar-refractivity contribution in [1.29, 1.82) is 0 Å². The molecule has 3 fully saturated rings. The first kappa shape index (κ1) is 26.3. The zero-order chi connectivity index (χ0) is 25.1. The number of phenolic OH excluding ortho intramolecular Hbond substituents is 1. The van der Waals surface area contributed by atoms with E-state index in [9.17, 15) is 14.6 Å². The molecule has 3 heteroatoms. The van der Waals surface area contributed by atoms with Gasteiger partial charge in [-0.3, -0.25) is 4.39 Å². The molecule has 36 heavy (non-hydrogen) atoms. The van der Waals surface area contributed by atoms with Gasteiger partial charge in [-0.15, -0.1) is 0 Å². The molecule has 4 aliphatic carbocycles. The second kappa shape index (κ2) is 11.6. The van der Waals surface area contributed by atoms with Crippen molar-refractivity contribution in [3.63, 3.8) is 0 Å². The van der Waals surface area contributed by atoms with Gasteiger partial charge in [0.05, 0.1) is 12.8 Å². The molecule has 0 heterocycles. The van der Waals surface area contributed by atoms with E-state index in [1.54, 1.807) is 0 Å². The maximum atomic E-state index is 12.8. The van der Waals surface area contributed by atoms with E-state index in [1.807, 2.05) is 12.1 Å². The van der Waals surface area contributed by atoms with Crippen LogP contribution in [0.4, 0.5) is 4.39 Å². The smallest absolute Gasteiger partial charge is 0.115 e. The maximum absolute atomic E-state index is 12.8. The number of alkyl halides is 1. The lowest BCUT2D eigenvalue weighted by Crippen LogP contribution is -2.47. The number of rotatable bonds is 11. The first-order chi connectivity index (χ1) is 17.5. The molecule has 0 spiro atoms. The number of hydrogen-bond acceptors (Lipinski definition) is 2. The van der Waals surface area contributed by atoms with Crippen molar-refractivity contribution in [2.45, 2.75) is 122 Å². The van der Waals surface area contributed by atoms with Crippen LogP contribution in [-0.4, -0.2) is 23.0 Å². The first-order valence-corrected chi connectivity index (χ1v) is 15.3. The Hall–Kier alpha value is -1.35. The summed E-state index contributed by atoms with van der Waals surface area (Å²) >= 11 is 0. The van der Waals surface area contributed by atoms with E-state index in [4.69, 9.17) is 0 Å². The summed E-state index contributed by atoms with van der Waals surface area (Å²) in [5, 5.41) is 21.0. The molecule has 3 saturated carbocycles. The standard InChI is InChI=1S/C33H49FO2/c1-33-19-18-29-28-15-14-27(35)21-26(28)20-24(32(29)30(33)16-17-31(33)36)11-9-7-5-3-2-4-6-8-10-23-12-13-25(23)22-34/h10,14-15,21,24-25,29-32,35-36H,2-9,11-13,16-20,22H2,1H3/b23-10+/t24?,25?,29-,30+,31+,32-,33+/m1/s1. The largest absolute Gasteiger partial charge is 0.508 e. The highest BCUT2D eigenvalue weighted by molar-refractivity contribution is 5.40. The van der Waals surface area contributed by atoms with E-state index in [0.29, 0.717) is 29.4 Å². The van der Waals surface area contributed by atoms with Crippen molar-refractivity contribution in [3.8, 4) is 5.75 Å². The highest BCUT2D eigenvalue weighted by Crippen LogP contribution is 2.62. The molecule has 2 nitrogen and oxygen atoms in total. The van der Waals surface area contributed by atoms with Crippen LogP contribution in [0.1, 0.15) is 120 Å². The molecule has 4 aliphatic rings. The monoisotopic (exact) mass is 496 g/mol. The lowest BCUT2D eigenvalue weighted by Gasteiger charge is -2.53. The minimum atomic E-state index is -0.162. The average molecular weight is 497 g/mol. The minimum absolute atomic E-state index is 0.106. The lowest BCUT2D eigenvalue weighted by atomic mass is 9.52. The second-order valence-corrected chi connectivity index (χ2v) is 13.0. The van der Waals surface area contributed by atoms with Gasteiger partial charge in [0.15, 0.2) is 0 Å². The highest BCUT2D eigenvalue weighted by atomic mass is 19.1.